The van der Waals surface area contributed by atoms with E-state index < -0.39 is 11.7 Å². The number of hydrogen-bond donors (Lipinski definition) is 3. The third-order valence-corrected chi connectivity index (χ3v) is 4.59. The molecule has 0 aromatic rings. The van der Waals surface area contributed by atoms with E-state index in [9.17, 15) is 9.59 Å². The molecule has 0 aromatic carbocycles. The topological polar surface area (TPSA) is 87.7 Å². The van der Waals surface area contributed by atoms with Gasteiger partial charge in [0, 0.05) is 25.1 Å². The fourth-order valence-electron chi connectivity index (χ4n) is 2.95. The first-order valence-corrected chi connectivity index (χ1v) is 9.02. The Labute approximate surface area is 145 Å². The number of aliphatic hydroxyl groups excluding tert-OH is 1. The average molecular weight is 342 g/mol. The summed E-state index contributed by atoms with van der Waals surface area (Å²) in [6.45, 7) is 9.36. The number of carbonyl (C=O) groups excluding carboxylic acids is 2. The van der Waals surface area contributed by atoms with Gasteiger partial charge >= 0.3 is 6.09 Å². The van der Waals surface area contributed by atoms with Crippen LogP contribution in [0.5, 0.6) is 0 Å². The Kier molecular flexibility index (Phi) is 8.00. The predicted molar refractivity (Wildman–Crippen MR) is 93.6 cm³/mol. The van der Waals surface area contributed by atoms with E-state index >= 15 is 0 Å². The van der Waals surface area contributed by atoms with Crippen LogP contribution in [0.4, 0.5) is 4.79 Å². The van der Waals surface area contributed by atoms with Gasteiger partial charge in [-0.1, -0.05) is 19.8 Å². The highest BCUT2D eigenvalue weighted by Crippen LogP contribution is 2.27. The fourth-order valence-corrected chi connectivity index (χ4v) is 2.95. The van der Waals surface area contributed by atoms with E-state index in [2.05, 4.69) is 10.6 Å². The van der Waals surface area contributed by atoms with Crippen molar-refractivity contribution in [3.05, 3.63) is 0 Å². The summed E-state index contributed by atoms with van der Waals surface area (Å²) in [5.41, 5.74) is -0.526. The van der Waals surface area contributed by atoms with Crippen LogP contribution in [0.25, 0.3) is 0 Å². The maximum absolute atomic E-state index is 12.3. The second-order valence-electron chi connectivity index (χ2n) is 8.02. The van der Waals surface area contributed by atoms with Gasteiger partial charge in [0.05, 0.1) is 0 Å². The van der Waals surface area contributed by atoms with Gasteiger partial charge in [-0.2, -0.15) is 0 Å². The van der Waals surface area contributed by atoms with E-state index in [1.165, 1.54) is 0 Å². The molecule has 0 saturated heterocycles. The Morgan fingerprint density at radius 3 is 2.42 bits per heavy atom. The molecule has 6 heteroatoms. The maximum Gasteiger partial charge on any atom is 0.407 e. The Morgan fingerprint density at radius 2 is 1.83 bits per heavy atom. The molecule has 24 heavy (non-hydrogen) atoms. The molecule has 0 spiro atoms. The standard InChI is InChI=1S/C18H34N2O4/c1-12(11-21)13(2)19-16(22)10-14-8-6-7-9-15(14)20-17(23)24-18(3,4)5/h12-15,21H,6-11H2,1-5H3,(H,19,22)(H,20,23)/t12-,13+,14+,15-/m1/s1. The van der Waals surface area contributed by atoms with Gasteiger partial charge in [0.2, 0.25) is 5.91 Å². The number of ether oxygens (including phenoxy) is 1. The van der Waals surface area contributed by atoms with E-state index in [-0.39, 0.29) is 36.4 Å². The van der Waals surface area contributed by atoms with Gasteiger partial charge in [0.15, 0.2) is 0 Å². The van der Waals surface area contributed by atoms with E-state index in [1.54, 1.807) is 0 Å². The van der Waals surface area contributed by atoms with Crippen molar-refractivity contribution < 1.29 is 19.4 Å². The number of aliphatic hydroxyl groups is 1. The number of rotatable bonds is 6. The summed E-state index contributed by atoms with van der Waals surface area (Å²) in [7, 11) is 0. The number of alkyl carbamates (subject to hydrolysis) is 1. The summed E-state index contributed by atoms with van der Waals surface area (Å²) < 4.78 is 5.33. The zero-order valence-corrected chi connectivity index (χ0v) is 15.7. The lowest BCUT2D eigenvalue weighted by molar-refractivity contribution is -0.123. The van der Waals surface area contributed by atoms with Crippen LogP contribution < -0.4 is 10.6 Å². The predicted octanol–water partition coefficient (Wildman–Crippen LogP) is 2.59. The van der Waals surface area contributed by atoms with Crippen molar-refractivity contribution in [1.82, 2.24) is 10.6 Å². The second kappa shape index (κ2) is 9.25. The van der Waals surface area contributed by atoms with Crippen molar-refractivity contribution in [2.24, 2.45) is 11.8 Å². The molecule has 1 fully saturated rings. The van der Waals surface area contributed by atoms with Crippen LogP contribution in [0.2, 0.25) is 0 Å². The molecule has 2 amide bonds. The molecule has 1 rings (SSSR count). The highest BCUT2D eigenvalue weighted by atomic mass is 16.6. The van der Waals surface area contributed by atoms with Crippen LogP contribution in [0.1, 0.15) is 66.7 Å². The van der Waals surface area contributed by atoms with Crippen molar-refractivity contribution in [1.29, 1.82) is 0 Å². The van der Waals surface area contributed by atoms with Crippen molar-refractivity contribution >= 4 is 12.0 Å². The van der Waals surface area contributed by atoms with Crippen LogP contribution in [-0.2, 0) is 9.53 Å². The SMILES string of the molecule is C[C@H](CO)[C@H](C)NC(=O)C[C@@H]1CCCC[C@H]1NC(=O)OC(C)(C)C. The van der Waals surface area contributed by atoms with E-state index in [1.807, 2.05) is 34.6 Å². The van der Waals surface area contributed by atoms with Crippen LogP contribution in [0.3, 0.4) is 0 Å². The Balaban J connectivity index is 2.54. The molecule has 0 unspecified atom stereocenters. The van der Waals surface area contributed by atoms with Gasteiger partial charge < -0.3 is 20.5 Å². The average Bonchev–Trinajstić information content (AvgIpc) is 2.46. The molecule has 0 aliphatic heterocycles. The highest BCUT2D eigenvalue weighted by molar-refractivity contribution is 5.76. The molecule has 6 nitrogen and oxygen atoms in total. The lowest BCUT2D eigenvalue weighted by Crippen LogP contribution is -2.46. The normalized spacial score (nSPS) is 23.9. The Bertz CT molecular complexity index is 420. The van der Waals surface area contributed by atoms with Gasteiger partial charge in [-0.15, -0.1) is 0 Å². The van der Waals surface area contributed by atoms with Crippen molar-refractivity contribution in [3.63, 3.8) is 0 Å². The van der Waals surface area contributed by atoms with E-state index in [0.717, 1.165) is 25.7 Å². The third kappa shape index (κ3) is 7.51. The summed E-state index contributed by atoms with van der Waals surface area (Å²) in [6, 6.07) is -0.0896. The van der Waals surface area contributed by atoms with Gasteiger partial charge in [-0.3, -0.25) is 4.79 Å². The minimum absolute atomic E-state index is 0.0225. The first-order valence-electron chi connectivity index (χ1n) is 9.02. The zero-order valence-electron chi connectivity index (χ0n) is 15.7. The molecule has 1 aliphatic rings. The Hall–Kier alpha value is -1.30. The Morgan fingerprint density at radius 1 is 1.21 bits per heavy atom. The van der Waals surface area contributed by atoms with Crippen LogP contribution in [-0.4, -0.2) is 41.4 Å². The second-order valence-corrected chi connectivity index (χ2v) is 8.02. The molecule has 0 bridgehead atoms. The van der Waals surface area contributed by atoms with Crippen molar-refractivity contribution in [3.8, 4) is 0 Å². The molecule has 0 radical (unpaired) electrons. The smallest absolute Gasteiger partial charge is 0.407 e. The first-order chi connectivity index (χ1) is 11.1. The summed E-state index contributed by atoms with van der Waals surface area (Å²) in [5, 5.41) is 15.0. The van der Waals surface area contributed by atoms with Crippen molar-refractivity contribution in [2.45, 2.75) is 84.4 Å². The monoisotopic (exact) mass is 342 g/mol. The molecule has 1 saturated carbocycles. The highest BCUT2D eigenvalue weighted by Gasteiger charge is 2.30. The van der Waals surface area contributed by atoms with Crippen LogP contribution in [0, 0.1) is 11.8 Å². The minimum atomic E-state index is -0.526. The lowest BCUT2D eigenvalue weighted by Gasteiger charge is -2.33. The van der Waals surface area contributed by atoms with E-state index in [4.69, 9.17) is 9.84 Å². The van der Waals surface area contributed by atoms with Gasteiger partial charge in [-0.05, 0) is 52.4 Å². The summed E-state index contributed by atoms with van der Waals surface area (Å²) in [6.07, 6.45) is 3.91. The molecular weight excluding hydrogens is 308 g/mol. The molecule has 4 atom stereocenters. The molecule has 0 aromatic heterocycles. The maximum atomic E-state index is 12.3. The molecule has 3 N–H and O–H groups in total. The largest absolute Gasteiger partial charge is 0.444 e. The van der Waals surface area contributed by atoms with Crippen LogP contribution >= 0.6 is 0 Å². The molecular formula is C18H34N2O4. The number of nitrogens with one attached hydrogen (secondary N) is 2. The van der Waals surface area contributed by atoms with E-state index in [0.29, 0.717) is 6.42 Å². The summed E-state index contributed by atoms with van der Waals surface area (Å²) >= 11 is 0. The van der Waals surface area contributed by atoms with Crippen molar-refractivity contribution in [2.75, 3.05) is 6.61 Å². The molecule has 1 aliphatic carbocycles. The van der Waals surface area contributed by atoms with Gasteiger partial charge in [-0.25, -0.2) is 4.79 Å². The summed E-state index contributed by atoms with van der Waals surface area (Å²) in [4.78, 5) is 24.3. The number of amides is 2. The minimum Gasteiger partial charge on any atom is -0.444 e. The molecule has 140 valence electrons. The van der Waals surface area contributed by atoms with Gasteiger partial charge in [0.25, 0.3) is 0 Å². The summed E-state index contributed by atoms with van der Waals surface area (Å²) in [5.74, 6) is 0.129. The fraction of sp³-hybridized carbons (Fsp3) is 0.889. The zero-order chi connectivity index (χ0) is 18.3. The van der Waals surface area contributed by atoms with Crippen LogP contribution in [0.15, 0.2) is 0 Å². The number of hydrogen-bond acceptors (Lipinski definition) is 4. The lowest BCUT2D eigenvalue weighted by atomic mass is 9.82. The number of carbonyl (C=O) groups is 2. The third-order valence-electron chi connectivity index (χ3n) is 4.59. The van der Waals surface area contributed by atoms with Gasteiger partial charge in [0.1, 0.15) is 5.60 Å². The quantitative estimate of drug-likeness (QED) is 0.692. The first kappa shape index (κ1) is 20.7. The molecule has 0 heterocycles.